The van der Waals surface area contributed by atoms with Gasteiger partial charge in [0.05, 0.1) is 67.5 Å². The molecule has 1 aromatic heterocycles. The van der Waals surface area contributed by atoms with Crippen LogP contribution in [0.5, 0.6) is 0 Å². The van der Waals surface area contributed by atoms with Crippen molar-refractivity contribution in [3.8, 4) is 44.5 Å². The summed E-state index contributed by atoms with van der Waals surface area (Å²) in [5.74, 6) is 0. The molecule has 11 rings (SSSR count). The average Bonchev–Trinajstić information content (AvgIpc) is 1.68. The summed E-state index contributed by atoms with van der Waals surface area (Å²) >= 11 is 0. The fraction of sp³-hybridized carbons (Fsp3) is 0. The molecule has 1 heterocycles. The molecule has 272 valence electrons. The molecule has 2 nitrogen and oxygen atoms in total. The van der Waals surface area contributed by atoms with Crippen LogP contribution < -0.4 is 4.90 Å². The fourth-order valence-electron chi connectivity index (χ4n) is 6.34. The van der Waals surface area contributed by atoms with Gasteiger partial charge in [0, 0.05) is 22.2 Å². The van der Waals surface area contributed by atoms with E-state index >= 15 is 0 Å². The van der Waals surface area contributed by atoms with E-state index < -0.39 is 329 Å². The van der Waals surface area contributed by atoms with Crippen LogP contribution in [0.25, 0.3) is 88.0 Å². The second kappa shape index (κ2) is 14.1. The maximum Gasteiger partial charge on any atom is 0.145 e. The van der Waals surface area contributed by atoms with E-state index in [0.717, 1.165) is 0 Å². The van der Waals surface area contributed by atoms with Gasteiger partial charge in [0.2, 0.25) is 0 Å². The first-order valence-electron chi connectivity index (χ1n) is 35.3. The number of hydrogen-bond acceptors (Lipinski definition) is 2. The molecular weight excluding hydrogens is 703 g/mol. The molecule has 0 aliphatic carbocycles. The number of nitrogens with zero attached hydrogens (tertiary/aromatic N) is 1. The number of anilines is 3. The minimum absolute atomic E-state index is 0.273. The van der Waals surface area contributed by atoms with E-state index in [9.17, 15) is 24.7 Å². The van der Waals surface area contributed by atoms with Gasteiger partial charge < -0.3 is 9.32 Å². The summed E-state index contributed by atoms with van der Waals surface area (Å²) in [6.07, 6.45) is 0. The highest BCUT2D eigenvalue weighted by Gasteiger charge is 2.25. The fourth-order valence-corrected chi connectivity index (χ4v) is 6.34. The van der Waals surface area contributed by atoms with Crippen molar-refractivity contribution in [2.24, 2.45) is 0 Å². The monoisotopic (exact) mass is 777 g/mol. The number of rotatable bonds is 7. The van der Waals surface area contributed by atoms with Crippen LogP contribution in [0, 0.1) is 0 Å². The van der Waals surface area contributed by atoms with Gasteiger partial charge >= 0.3 is 0 Å². The molecule has 0 bridgehead atoms. The molecule has 0 spiro atoms. The first-order chi connectivity index (χ1) is 44.2. The smallest absolute Gasteiger partial charge is 0.145 e. The maximum atomic E-state index is 10.4. The zero-order chi connectivity index (χ0) is 70.6. The van der Waals surface area contributed by atoms with Crippen LogP contribution >= 0.6 is 0 Å². The van der Waals surface area contributed by atoms with Crippen molar-refractivity contribution in [3.05, 3.63) is 224 Å². The Kier molecular flexibility index (Phi) is 3.15. The number of fused-ring (bicyclic) bond motifs is 6. The van der Waals surface area contributed by atoms with Crippen molar-refractivity contribution >= 4 is 60.5 Å². The van der Waals surface area contributed by atoms with Crippen LogP contribution in [0.3, 0.4) is 0 Å². The van der Waals surface area contributed by atoms with Gasteiger partial charge in [-0.05, 0) is 97.2 Å². The largest absolute Gasteiger partial charge is 0.455 e. The van der Waals surface area contributed by atoms with E-state index in [1.54, 1.807) is 0 Å². The summed E-state index contributed by atoms with van der Waals surface area (Å²) in [5.41, 5.74) is -14.3. The number of para-hydroxylation sites is 2. The van der Waals surface area contributed by atoms with Crippen LogP contribution in [-0.2, 0) is 0 Å². The van der Waals surface area contributed by atoms with E-state index in [2.05, 4.69) is 0 Å². The van der Waals surface area contributed by atoms with Gasteiger partial charge in [-0.15, -0.1) is 0 Å². The average molecular weight is 777 g/mol. The van der Waals surface area contributed by atoms with E-state index in [0.29, 0.717) is 0 Å². The van der Waals surface area contributed by atoms with E-state index in [1.165, 1.54) is 0 Å². The molecule has 0 aliphatic heterocycles. The third-order valence-electron chi connectivity index (χ3n) is 8.80. The molecule has 0 saturated carbocycles. The Morgan fingerprint density at radius 2 is 0.931 bits per heavy atom. The Morgan fingerprint density at radius 3 is 1.72 bits per heavy atom. The van der Waals surface area contributed by atoms with Crippen LogP contribution in [0.2, 0.25) is 0 Å². The molecule has 11 aromatic rings. The quantitative estimate of drug-likeness (QED) is 0.150. The van der Waals surface area contributed by atoms with Gasteiger partial charge in [0.15, 0.2) is 0 Å². The summed E-state index contributed by atoms with van der Waals surface area (Å²) in [6, 6.07) is -42.6. The molecule has 2 heteroatoms. The summed E-state index contributed by atoms with van der Waals surface area (Å²) in [4.78, 5) is 0.273. The molecule has 0 atom stereocenters. The third-order valence-corrected chi connectivity index (χ3v) is 8.80. The molecule has 0 N–H and O–H groups in total. The molecular formula is C56H37NO. The zero-order valence-electron chi connectivity index (χ0n) is 65.9. The lowest BCUT2D eigenvalue weighted by Gasteiger charge is -2.29. The minimum Gasteiger partial charge on any atom is -0.455 e. The van der Waals surface area contributed by atoms with Crippen molar-refractivity contribution in [1.29, 1.82) is 0 Å². The van der Waals surface area contributed by atoms with E-state index in [4.69, 9.17) is 30.5 Å². The highest BCUT2D eigenvalue weighted by molar-refractivity contribution is 6.21. The van der Waals surface area contributed by atoms with Gasteiger partial charge in [0.1, 0.15) is 11.2 Å². The minimum atomic E-state index is -1.45. The summed E-state index contributed by atoms with van der Waals surface area (Å²) < 4.78 is 345. The Morgan fingerprint density at radius 1 is 0.345 bits per heavy atom. The Bertz CT molecular complexity index is 5380. The predicted molar refractivity (Wildman–Crippen MR) is 245 cm³/mol. The van der Waals surface area contributed by atoms with Crippen LogP contribution in [0.1, 0.15) is 50.7 Å². The first-order valence-corrected chi connectivity index (χ1v) is 16.8. The molecule has 0 aliphatic rings. The summed E-state index contributed by atoms with van der Waals surface area (Å²) in [7, 11) is 0. The highest BCUT2D eigenvalue weighted by atomic mass is 16.3. The molecule has 0 fully saturated rings. The highest BCUT2D eigenvalue weighted by Crippen LogP contribution is 2.49. The Hall–Kier alpha value is -7.68. The number of benzene rings is 10. The molecule has 0 saturated heterocycles. The van der Waals surface area contributed by atoms with Gasteiger partial charge in [-0.3, -0.25) is 0 Å². The predicted octanol–water partition coefficient (Wildman–Crippen LogP) is 16.0. The van der Waals surface area contributed by atoms with Crippen molar-refractivity contribution in [2.45, 2.75) is 0 Å². The van der Waals surface area contributed by atoms with Gasteiger partial charge in [0.25, 0.3) is 0 Å². The topological polar surface area (TPSA) is 16.4 Å². The van der Waals surface area contributed by atoms with Crippen LogP contribution in [-0.4, -0.2) is 0 Å². The van der Waals surface area contributed by atoms with Crippen molar-refractivity contribution in [3.63, 3.8) is 0 Å². The zero-order valence-corrected chi connectivity index (χ0v) is 28.9. The molecule has 10 aromatic carbocycles. The van der Waals surface area contributed by atoms with Crippen molar-refractivity contribution in [1.82, 2.24) is 0 Å². The normalized spacial score (nSPS) is 20.4. The first kappa shape index (κ1) is 12.9. The lowest BCUT2D eigenvalue weighted by molar-refractivity contribution is 0.670. The molecule has 0 amide bonds. The Balaban J connectivity index is 1.47. The Labute approximate surface area is 389 Å². The molecule has 58 heavy (non-hydrogen) atoms. The standard InChI is InChI=1S/C56H37NO/c1-3-16-38(17-4-1)40-30-32-41(33-31-40)46-24-11-13-28-52(46)57(44-22-15-21-42(36-44)39-18-5-2-6-19-39)53-35-34-49(56-55(53)50-27-12-14-29-54(50)58-56)51-37-43-20-7-8-23-45(43)47-25-9-10-26-48(47)51/h1-37H/i1D,2D,3D,4D,5D,6D,7D,8D,9D,10D,11D,12D,13D,14D,15D,16D,17D,18D,19D,20D,21D,22D,23D,24D,25D,26D,27D,28D,29D,30D,31D,32D,33D,34D,35D,36D,37D. The van der Waals surface area contributed by atoms with Crippen molar-refractivity contribution in [2.75, 3.05) is 4.90 Å². The van der Waals surface area contributed by atoms with E-state index in [-0.39, 0.29) is 4.90 Å². The van der Waals surface area contributed by atoms with Crippen molar-refractivity contribution < 1.29 is 55.1 Å². The maximum absolute atomic E-state index is 10.4. The second-order valence-electron chi connectivity index (χ2n) is 12.0. The van der Waals surface area contributed by atoms with E-state index in [1.807, 2.05) is 0 Å². The second-order valence-corrected chi connectivity index (χ2v) is 12.0. The lowest BCUT2D eigenvalue weighted by atomic mass is 9.91. The van der Waals surface area contributed by atoms with Crippen LogP contribution in [0.15, 0.2) is 228 Å². The number of furan rings is 1. The molecule has 0 unspecified atom stereocenters. The van der Waals surface area contributed by atoms with Gasteiger partial charge in [-0.2, -0.15) is 0 Å². The SMILES string of the molecule is [2H]c1c([2H])c([2H])c(-c2c([2H])c([2H])c(-c3c([2H])c([2H])c([2H])c([2H])c3N(c3c([2H])c([2H])c([2H])c(-c4c([2H])c([2H])c([2H])c([2H])c4[2H])c3[2H])c3c([2H])c([2H])c(-c4c([2H])c5c([2H])c([2H])c([2H])c([2H])c5c5c([2H])c([2H])c([2H])c([2H])c45)c4oc5c([2H])c([2H])c([2H])c([2H])c5c34)c([2H])c2[2H])c([2H])c1[2H]. The summed E-state index contributed by atoms with van der Waals surface area (Å²) in [6.45, 7) is 0. The van der Waals surface area contributed by atoms with Crippen LogP contribution in [0.4, 0.5) is 17.1 Å². The third kappa shape index (κ3) is 5.74. The number of hydrogen-bond donors (Lipinski definition) is 0. The molecule has 0 radical (unpaired) electrons. The van der Waals surface area contributed by atoms with Gasteiger partial charge in [-0.1, -0.05) is 181 Å². The van der Waals surface area contributed by atoms with Gasteiger partial charge in [-0.25, -0.2) is 0 Å². The summed E-state index contributed by atoms with van der Waals surface area (Å²) in [5, 5.41) is -4.85. The lowest BCUT2D eigenvalue weighted by Crippen LogP contribution is -2.12.